The predicted molar refractivity (Wildman–Crippen MR) is 90.9 cm³/mol. The van der Waals surface area contributed by atoms with Gasteiger partial charge < -0.3 is 0 Å². The zero-order valence-corrected chi connectivity index (χ0v) is 13.9. The van der Waals surface area contributed by atoms with E-state index >= 15 is 0 Å². The fraction of sp³-hybridized carbons (Fsp3) is 0.167. The lowest BCUT2D eigenvalue weighted by Gasteiger charge is -2.09. The van der Waals surface area contributed by atoms with E-state index in [-0.39, 0.29) is 11.5 Å². The predicted octanol–water partition coefficient (Wildman–Crippen LogP) is 3.79. The molecule has 0 aliphatic heterocycles. The molecule has 0 N–H and O–H groups in total. The van der Waals surface area contributed by atoms with Crippen LogP contribution in [0.4, 0.5) is 0 Å². The summed E-state index contributed by atoms with van der Waals surface area (Å²) < 4.78 is 0. The topological polar surface area (TPSA) is 79.5 Å². The van der Waals surface area contributed by atoms with Crippen molar-refractivity contribution in [1.29, 1.82) is 5.26 Å². The largest absolute Gasteiger partial charge is 0.290 e. The number of benzene rings is 1. The molecular formula is C18H13ClN4O. The monoisotopic (exact) mass is 336 g/mol. The maximum absolute atomic E-state index is 12.7. The van der Waals surface area contributed by atoms with Gasteiger partial charge >= 0.3 is 0 Å². The molecule has 1 atom stereocenters. The number of Topliss-reactive ketones (excluding diaryl/α,β-unsaturated/α-hetero) is 1. The minimum Gasteiger partial charge on any atom is -0.290 e. The number of fused-ring (bicyclic) bond motifs is 1. The van der Waals surface area contributed by atoms with E-state index in [4.69, 9.17) is 11.6 Å². The molecule has 0 saturated carbocycles. The van der Waals surface area contributed by atoms with Crippen molar-refractivity contribution in [1.82, 2.24) is 15.0 Å². The summed E-state index contributed by atoms with van der Waals surface area (Å²) in [5, 5.41) is 10.9. The van der Waals surface area contributed by atoms with Crippen LogP contribution in [0.25, 0.3) is 10.9 Å². The molecule has 2 aromatic heterocycles. The summed E-state index contributed by atoms with van der Waals surface area (Å²) >= 11 is 5.97. The van der Waals surface area contributed by atoms with Gasteiger partial charge in [0.05, 0.1) is 11.6 Å². The second kappa shape index (κ2) is 6.34. The molecule has 0 bridgehead atoms. The third-order valence-electron chi connectivity index (χ3n) is 3.56. The summed E-state index contributed by atoms with van der Waals surface area (Å²) in [5.41, 5.74) is 2.22. The Labute approximate surface area is 144 Å². The van der Waals surface area contributed by atoms with Crippen molar-refractivity contribution in [2.45, 2.75) is 19.8 Å². The number of carbonyl (C=O) groups excluding carboxylic acids is 1. The average molecular weight is 337 g/mol. The second-order valence-corrected chi connectivity index (χ2v) is 5.91. The molecule has 6 heteroatoms. The zero-order chi connectivity index (χ0) is 17.3. The Morgan fingerprint density at radius 1 is 1.08 bits per heavy atom. The van der Waals surface area contributed by atoms with E-state index in [0.29, 0.717) is 21.9 Å². The lowest BCUT2D eigenvalue weighted by molar-refractivity contribution is 0.0971. The summed E-state index contributed by atoms with van der Waals surface area (Å²) in [6, 6.07) is 12.4. The number of hydrogen-bond donors (Lipinski definition) is 0. The van der Waals surface area contributed by atoms with Crippen LogP contribution in [-0.2, 0) is 0 Å². The number of halogens is 1. The zero-order valence-electron chi connectivity index (χ0n) is 13.1. The number of aromatic nitrogens is 3. The van der Waals surface area contributed by atoms with E-state index in [0.717, 1.165) is 5.39 Å². The van der Waals surface area contributed by atoms with Crippen LogP contribution in [0.1, 0.15) is 33.6 Å². The summed E-state index contributed by atoms with van der Waals surface area (Å²) in [7, 11) is 0. The molecular weight excluding hydrogens is 324 g/mol. The highest BCUT2D eigenvalue weighted by molar-refractivity contribution is 6.31. The maximum Gasteiger partial charge on any atom is 0.206 e. The third kappa shape index (κ3) is 3.10. The van der Waals surface area contributed by atoms with Crippen molar-refractivity contribution < 1.29 is 4.79 Å². The fourth-order valence-electron chi connectivity index (χ4n) is 2.49. The first-order chi connectivity index (χ1) is 11.5. The van der Waals surface area contributed by atoms with E-state index < -0.39 is 11.7 Å². The highest BCUT2D eigenvalue weighted by Gasteiger charge is 2.26. The lowest BCUT2D eigenvalue weighted by Crippen LogP contribution is -2.16. The smallest absolute Gasteiger partial charge is 0.206 e. The first-order valence-corrected chi connectivity index (χ1v) is 7.68. The van der Waals surface area contributed by atoms with Gasteiger partial charge in [0.15, 0.2) is 11.7 Å². The Morgan fingerprint density at radius 3 is 2.42 bits per heavy atom. The number of rotatable bonds is 3. The Bertz CT molecular complexity index is 974. The standard InChI is InChI=1S/C18H13ClN4O/c1-10-7-11(2)22-18(21-10)14(9-20)17(24)15-6-4-12-3-5-13(19)8-16(12)23-15/h3-8,14H,1-2H3. The minimum atomic E-state index is -1.09. The summed E-state index contributed by atoms with van der Waals surface area (Å²) in [6.45, 7) is 3.60. The molecule has 0 aliphatic rings. The van der Waals surface area contributed by atoms with Gasteiger partial charge in [0.1, 0.15) is 5.69 Å². The van der Waals surface area contributed by atoms with Crippen LogP contribution in [0, 0.1) is 25.2 Å². The summed E-state index contributed by atoms with van der Waals surface area (Å²) in [4.78, 5) is 25.5. The molecule has 0 saturated heterocycles. The van der Waals surface area contributed by atoms with Gasteiger partial charge in [-0.05, 0) is 38.1 Å². The number of ketones is 1. The van der Waals surface area contributed by atoms with E-state index in [2.05, 4.69) is 15.0 Å². The van der Waals surface area contributed by atoms with Gasteiger partial charge in [-0.3, -0.25) is 4.79 Å². The first kappa shape index (κ1) is 16.0. The molecule has 0 spiro atoms. The molecule has 2 heterocycles. The number of aryl methyl sites for hydroxylation is 2. The molecule has 5 nitrogen and oxygen atoms in total. The third-order valence-corrected chi connectivity index (χ3v) is 3.79. The number of nitrogens with zero attached hydrogens (tertiary/aromatic N) is 4. The lowest BCUT2D eigenvalue weighted by atomic mass is 10.0. The molecule has 118 valence electrons. The van der Waals surface area contributed by atoms with E-state index in [1.54, 1.807) is 44.2 Å². The van der Waals surface area contributed by atoms with E-state index in [1.807, 2.05) is 12.1 Å². The number of carbonyl (C=O) groups is 1. The van der Waals surface area contributed by atoms with Crippen LogP contribution in [-0.4, -0.2) is 20.7 Å². The highest BCUT2D eigenvalue weighted by atomic mass is 35.5. The second-order valence-electron chi connectivity index (χ2n) is 5.47. The van der Waals surface area contributed by atoms with Crippen LogP contribution in [0.3, 0.4) is 0 Å². The van der Waals surface area contributed by atoms with Gasteiger partial charge in [-0.15, -0.1) is 0 Å². The molecule has 1 unspecified atom stereocenters. The Balaban J connectivity index is 2.04. The van der Waals surface area contributed by atoms with Crippen molar-refractivity contribution in [3.05, 3.63) is 64.3 Å². The van der Waals surface area contributed by atoms with Gasteiger partial charge in [0.2, 0.25) is 5.78 Å². The SMILES string of the molecule is Cc1cc(C)nc(C(C#N)C(=O)c2ccc3ccc(Cl)cc3n2)n1. The quantitative estimate of drug-likeness (QED) is 0.680. The molecule has 0 amide bonds. The van der Waals surface area contributed by atoms with Crippen LogP contribution in [0.2, 0.25) is 5.02 Å². The summed E-state index contributed by atoms with van der Waals surface area (Å²) in [6.07, 6.45) is 0. The van der Waals surface area contributed by atoms with Crippen molar-refractivity contribution >= 4 is 28.3 Å². The van der Waals surface area contributed by atoms with Gasteiger partial charge in [-0.2, -0.15) is 5.26 Å². The van der Waals surface area contributed by atoms with Crippen LogP contribution in [0.5, 0.6) is 0 Å². The van der Waals surface area contributed by atoms with Gasteiger partial charge in [-0.1, -0.05) is 23.7 Å². The average Bonchev–Trinajstić information content (AvgIpc) is 2.53. The molecule has 0 aliphatic carbocycles. The van der Waals surface area contributed by atoms with Crippen LogP contribution in [0.15, 0.2) is 36.4 Å². The molecule has 1 aromatic carbocycles. The first-order valence-electron chi connectivity index (χ1n) is 7.30. The van der Waals surface area contributed by atoms with Crippen molar-refractivity contribution in [2.24, 2.45) is 0 Å². The molecule has 0 fully saturated rings. The Morgan fingerprint density at radius 2 is 1.75 bits per heavy atom. The molecule has 0 radical (unpaired) electrons. The molecule has 24 heavy (non-hydrogen) atoms. The maximum atomic E-state index is 12.7. The van der Waals surface area contributed by atoms with Crippen LogP contribution >= 0.6 is 11.6 Å². The minimum absolute atomic E-state index is 0.194. The van der Waals surface area contributed by atoms with Crippen molar-refractivity contribution in [2.75, 3.05) is 0 Å². The van der Waals surface area contributed by atoms with Gasteiger partial charge in [-0.25, -0.2) is 15.0 Å². The van der Waals surface area contributed by atoms with E-state index in [9.17, 15) is 10.1 Å². The summed E-state index contributed by atoms with van der Waals surface area (Å²) in [5.74, 6) is -1.31. The van der Waals surface area contributed by atoms with Gasteiger partial charge in [0.25, 0.3) is 0 Å². The fourth-order valence-corrected chi connectivity index (χ4v) is 2.66. The molecule has 3 rings (SSSR count). The van der Waals surface area contributed by atoms with E-state index in [1.165, 1.54) is 0 Å². The Kier molecular flexibility index (Phi) is 4.24. The van der Waals surface area contributed by atoms with Gasteiger partial charge in [0, 0.05) is 21.8 Å². The number of pyridine rings is 1. The van der Waals surface area contributed by atoms with Crippen LogP contribution < -0.4 is 0 Å². The van der Waals surface area contributed by atoms with Crippen molar-refractivity contribution in [3.8, 4) is 6.07 Å². The number of nitriles is 1. The highest BCUT2D eigenvalue weighted by Crippen LogP contribution is 2.21. The van der Waals surface area contributed by atoms with Crippen molar-refractivity contribution in [3.63, 3.8) is 0 Å². The normalized spacial score (nSPS) is 11.9. The Hall–Kier alpha value is -2.84. The number of hydrogen-bond acceptors (Lipinski definition) is 5. The molecule has 3 aromatic rings.